The van der Waals surface area contributed by atoms with Crippen molar-refractivity contribution >= 4 is 34.3 Å². The molecule has 0 spiro atoms. The molecule has 0 saturated heterocycles. The zero-order valence-electron chi connectivity index (χ0n) is 9.75. The monoisotopic (exact) mass is 297 g/mol. The van der Waals surface area contributed by atoms with E-state index < -0.39 is 5.24 Å². The molecule has 2 rings (SSSR count). The van der Waals surface area contributed by atoms with Gasteiger partial charge in [0.25, 0.3) is 5.91 Å². The molecule has 98 valence electrons. The number of carbonyl (C=O) groups is 2. The lowest BCUT2D eigenvalue weighted by molar-refractivity contribution is -0.684. The fourth-order valence-electron chi connectivity index (χ4n) is 1.40. The van der Waals surface area contributed by atoms with Gasteiger partial charge in [-0.1, -0.05) is 0 Å². The van der Waals surface area contributed by atoms with Gasteiger partial charge in [-0.15, -0.1) is 0 Å². The van der Waals surface area contributed by atoms with Crippen molar-refractivity contribution in [2.75, 3.05) is 6.54 Å². The number of nitrogens with zero attached hydrogens (tertiary/aromatic N) is 3. The number of hydrogen-bond acceptors (Lipinski definition) is 5. The van der Waals surface area contributed by atoms with Crippen LogP contribution in [0, 0.1) is 0 Å². The van der Waals surface area contributed by atoms with Gasteiger partial charge in [0.1, 0.15) is 11.3 Å². The lowest BCUT2D eigenvalue weighted by Crippen LogP contribution is -2.43. The molecule has 19 heavy (non-hydrogen) atoms. The predicted octanol–water partition coefficient (Wildman–Crippen LogP) is 0.374. The van der Waals surface area contributed by atoms with Crippen molar-refractivity contribution in [1.29, 1.82) is 0 Å². The SMILES string of the molecule is O=C(Cl)CNC(=O)C[n+]1ccc(-c2ncns2)cc1. The molecule has 0 aromatic carbocycles. The van der Waals surface area contributed by atoms with E-state index >= 15 is 0 Å². The first-order valence-corrected chi connectivity index (χ1v) is 6.51. The van der Waals surface area contributed by atoms with Crippen molar-refractivity contribution in [2.24, 2.45) is 0 Å². The van der Waals surface area contributed by atoms with E-state index in [2.05, 4.69) is 14.7 Å². The molecule has 2 aromatic heterocycles. The average molecular weight is 298 g/mol. The van der Waals surface area contributed by atoms with Crippen molar-refractivity contribution in [3.63, 3.8) is 0 Å². The maximum absolute atomic E-state index is 11.5. The zero-order chi connectivity index (χ0) is 13.7. The number of carbonyl (C=O) groups excluding carboxylic acids is 2. The second kappa shape index (κ2) is 6.35. The summed E-state index contributed by atoms with van der Waals surface area (Å²) in [7, 11) is 0. The van der Waals surface area contributed by atoms with Gasteiger partial charge in [0, 0.05) is 17.7 Å². The third kappa shape index (κ3) is 4.08. The van der Waals surface area contributed by atoms with Crippen LogP contribution in [0.3, 0.4) is 0 Å². The Morgan fingerprint density at radius 1 is 1.37 bits per heavy atom. The van der Waals surface area contributed by atoms with Crippen LogP contribution in [-0.4, -0.2) is 27.1 Å². The van der Waals surface area contributed by atoms with E-state index in [1.807, 2.05) is 12.1 Å². The summed E-state index contributed by atoms with van der Waals surface area (Å²) in [6.07, 6.45) is 5.02. The van der Waals surface area contributed by atoms with E-state index in [9.17, 15) is 9.59 Å². The Bertz CT molecular complexity index is 571. The highest BCUT2D eigenvalue weighted by Gasteiger charge is 2.11. The fraction of sp³-hybridized carbons (Fsp3) is 0.182. The molecule has 0 unspecified atom stereocenters. The number of aromatic nitrogens is 3. The van der Waals surface area contributed by atoms with Crippen molar-refractivity contribution in [3.05, 3.63) is 30.9 Å². The van der Waals surface area contributed by atoms with Crippen LogP contribution in [0.2, 0.25) is 0 Å². The first kappa shape index (κ1) is 13.6. The van der Waals surface area contributed by atoms with Gasteiger partial charge in [0.15, 0.2) is 12.4 Å². The van der Waals surface area contributed by atoms with Crippen molar-refractivity contribution in [2.45, 2.75) is 6.54 Å². The van der Waals surface area contributed by atoms with Crippen LogP contribution in [0.25, 0.3) is 10.6 Å². The molecule has 0 bridgehead atoms. The molecule has 0 fully saturated rings. The van der Waals surface area contributed by atoms with E-state index in [4.69, 9.17) is 11.6 Å². The molecule has 0 aliphatic rings. The fourth-order valence-corrected chi connectivity index (χ4v) is 1.99. The van der Waals surface area contributed by atoms with Crippen LogP contribution in [-0.2, 0) is 16.1 Å². The van der Waals surface area contributed by atoms with Gasteiger partial charge in [-0.05, 0) is 23.1 Å². The minimum atomic E-state index is -0.593. The highest BCUT2D eigenvalue weighted by atomic mass is 35.5. The molecule has 0 aliphatic carbocycles. The van der Waals surface area contributed by atoms with E-state index in [0.717, 1.165) is 10.6 Å². The Balaban J connectivity index is 1.95. The van der Waals surface area contributed by atoms with Crippen LogP contribution in [0.4, 0.5) is 0 Å². The van der Waals surface area contributed by atoms with Crippen molar-refractivity contribution in [3.8, 4) is 10.6 Å². The van der Waals surface area contributed by atoms with E-state index in [1.165, 1.54) is 17.9 Å². The van der Waals surface area contributed by atoms with Gasteiger partial charge >= 0.3 is 0 Å². The molecule has 1 amide bonds. The van der Waals surface area contributed by atoms with E-state index in [-0.39, 0.29) is 19.0 Å². The minimum Gasteiger partial charge on any atom is -0.342 e. The normalized spacial score (nSPS) is 10.2. The molecule has 6 nitrogen and oxygen atoms in total. The van der Waals surface area contributed by atoms with Crippen molar-refractivity contribution < 1.29 is 14.2 Å². The summed E-state index contributed by atoms with van der Waals surface area (Å²) in [6.45, 7) is -0.0373. The largest absolute Gasteiger partial charge is 0.342 e. The Morgan fingerprint density at radius 2 is 2.11 bits per heavy atom. The lowest BCUT2D eigenvalue weighted by Gasteiger charge is -1.99. The topological polar surface area (TPSA) is 75.8 Å². The summed E-state index contributed by atoms with van der Waals surface area (Å²) < 4.78 is 5.62. The summed E-state index contributed by atoms with van der Waals surface area (Å²) in [5.41, 5.74) is 0.940. The minimum absolute atomic E-state index is 0.126. The highest BCUT2D eigenvalue weighted by Crippen LogP contribution is 2.17. The maximum atomic E-state index is 11.5. The standard InChI is InChI=1S/C11H9ClN4O2S/c12-9(17)5-13-10(18)6-16-3-1-8(2-4-16)11-14-7-15-19-11/h1-4,7H,5-6H2/p+1. The second-order valence-corrected chi connectivity index (χ2v) is 4.84. The number of nitrogens with one attached hydrogen (secondary N) is 1. The third-order valence-corrected chi connectivity index (χ3v) is 3.10. The predicted molar refractivity (Wildman–Crippen MR) is 69.4 cm³/mol. The van der Waals surface area contributed by atoms with Crippen LogP contribution < -0.4 is 9.88 Å². The van der Waals surface area contributed by atoms with Crippen molar-refractivity contribution in [1.82, 2.24) is 14.7 Å². The van der Waals surface area contributed by atoms with Crippen LogP contribution in [0.15, 0.2) is 30.9 Å². The summed E-state index contributed by atoms with van der Waals surface area (Å²) in [6, 6.07) is 3.70. The number of amides is 1. The van der Waals surface area contributed by atoms with Gasteiger partial charge in [-0.3, -0.25) is 9.59 Å². The number of pyridine rings is 1. The number of halogens is 1. The molecule has 2 aromatic rings. The summed E-state index contributed by atoms with van der Waals surface area (Å²) in [4.78, 5) is 26.1. The van der Waals surface area contributed by atoms with Crippen LogP contribution in [0.1, 0.15) is 0 Å². The number of hydrogen-bond donors (Lipinski definition) is 1. The average Bonchev–Trinajstić information content (AvgIpc) is 2.91. The number of rotatable bonds is 5. The molecule has 2 heterocycles. The Labute approximate surface area is 118 Å². The Morgan fingerprint density at radius 3 is 2.68 bits per heavy atom. The molecule has 0 saturated carbocycles. The maximum Gasteiger partial charge on any atom is 0.286 e. The summed E-state index contributed by atoms with van der Waals surface area (Å²) >= 11 is 6.44. The van der Waals surface area contributed by atoms with Crippen LogP contribution >= 0.6 is 23.1 Å². The Kier molecular flexibility index (Phi) is 4.53. The third-order valence-electron chi connectivity index (χ3n) is 2.25. The first-order chi connectivity index (χ1) is 9.15. The quantitative estimate of drug-likeness (QED) is 0.639. The van der Waals surface area contributed by atoms with Crippen LogP contribution in [0.5, 0.6) is 0 Å². The van der Waals surface area contributed by atoms with Gasteiger partial charge in [-0.25, -0.2) is 4.98 Å². The molecule has 0 atom stereocenters. The molecular formula is C11H10ClN4O2S+. The molecule has 0 aliphatic heterocycles. The van der Waals surface area contributed by atoms with Gasteiger partial charge in [0.2, 0.25) is 11.8 Å². The first-order valence-electron chi connectivity index (χ1n) is 5.36. The van der Waals surface area contributed by atoms with Gasteiger partial charge in [-0.2, -0.15) is 8.94 Å². The second-order valence-electron chi connectivity index (χ2n) is 3.64. The summed E-state index contributed by atoms with van der Waals surface area (Å²) in [5, 5.41) is 2.64. The van der Waals surface area contributed by atoms with E-state index in [0.29, 0.717) is 0 Å². The summed E-state index contributed by atoms with van der Waals surface area (Å²) in [5.74, 6) is -0.275. The molecule has 1 N–H and O–H groups in total. The van der Waals surface area contributed by atoms with Gasteiger partial charge < -0.3 is 5.32 Å². The smallest absolute Gasteiger partial charge is 0.286 e. The molecule has 0 radical (unpaired) electrons. The van der Waals surface area contributed by atoms with Gasteiger partial charge in [0.05, 0.1) is 6.54 Å². The zero-order valence-corrected chi connectivity index (χ0v) is 11.3. The molecule has 8 heteroatoms. The lowest BCUT2D eigenvalue weighted by atomic mass is 10.3. The molecular weight excluding hydrogens is 288 g/mol. The van der Waals surface area contributed by atoms with E-state index in [1.54, 1.807) is 17.0 Å². The highest BCUT2D eigenvalue weighted by molar-refractivity contribution is 7.09. The Hall–Kier alpha value is -1.86.